The number of benzene rings is 1. The van der Waals surface area contributed by atoms with E-state index in [4.69, 9.17) is 10.5 Å². The van der Waals surface area contributed by atoms with Gasteiger partial charge in [0.1, 0.15) is 5.75 Å². The van der Waals surface area contributed by atoms with E-state index in [9.17, 15) is 4.79 Å². The molecule has 104 valence electrons. The van der Waals surface area contributed by atoms with Gasteiger partial charge in [-0.05, 0) is 32.0 Å². The molecule has 2 rings (SSSR count). The Morgan fingerprint density at radius 2 is 2.32 bits per heavy atom. The number of aromatic nitrogens is 1. The van der Waals surface area contributed by atoms with E-state index in [1.807, 2.05) is 25.1 Å². The molecule has 1 heterocycles. The van der Waals surface area contributed by atoms with E-state index in [1.165, 1.54) is 11.3 Å². The highest BCUT2D eigenvalue weighted by Gasteiger charge is 2.11. The number of fused-ring (bicyclic) bond motifs is 1. The molecule has 0 aliphatic heterocycles. The number of ether oxygens (including phenoxy) is 1. The molecule has 0 spiro atoms. The van der Waals surface area contributed by atoms with E-state index >= 15 is 0 Å². The van der Waals surface area contributed by atoms with Crippen LogP contribution in [0.3, 0.4) is 0 Å². The fourth-order valence-electron chi connectivity index (χ4n) is 1.43. The summed E-state index contributed by atoms with van der Waals surface area (Å²) in [5.41, 5.74) is 6.32. The molecule has 1 amide bonds. The number of hydrogen-bond acceptors (Lipinski definition) is 5. The first-order chi connectivity index (χ1) is 8.60. The molecule has 0 radical (unpaired) electrons. The highest BCUT2D eigenvalue weighted by Crippen LogP contribution is 2.29. The minimum absolute atomic E-state index is 0. The highest BCUT2D eigenvalue weighted by atomic mass is 35.5. The summed E-state index contributed by atoms with van der Waals surface area (Å²) in [4.78, 5) is 15.8. The third-order valence-electron chi connectivity index (χ3n) is 2.31. The quantitative estimate of drug-likeness (QED) is 0.909. The monoisotopic (exact) mass is 301 g/mol. The Bertz CT molecular complexity index is 571. The van der Waals surface area contributed by atoms with Crippen molar-refractivity contribution in [2.24, 2.45) is 5.73 Å². The van der Waals surface area contributed by atoms with Crippen LogP contribution >= 0.6 is 23.7 Å². The summed E-state index contributed by atoms with van der Waals surface area (Å²) in [6.07, 6.45) is 0. The number of thiazole rings is 1. The largest absolute Gasteiger partial charge is 0.494 e. The second-order valence-corrected chi connectivity index (χ2v) is 4.89. The lowest BCUT2D eigenvalue weighted by atomic mass is 10.3. The van der Waals surface area contributed by atoms with Crippen molar-refractivity contribution in [3.63, 3.8) is 0 Å². The maximum absolute atomic E-state index is 11.5. The molecular formula is C12H16ClN3O2S. The van der Waals surface area contributed by atoms with Crippen molar-refractivity contribution in [3.8, 4) is 5.75 Å². The smallest absolute Gasteiger partial charge is 0.242 e. The van der Waals surface area contributed by atoms with Gasteiger partial charge in [0.2, 0.25) is 5.91 Å². The van der Waals surface area contributed by atoms with Gasteiger partial charge in [0.15, 0.2) is 5.13 Å². The molecule has 2 aromatic rings. The summed E-state index contributed by atoms with van der Waals surface area (Å²) in [6.45, 7) is 4.19. The normalized spacial score (nSPS) is 11.7. The van der Waals surface area contributed by atoms with Crippen LogP contribution in [0.5, 0.6) is 5.75 Å². The van der Waals surface area contributed by atoms with E-state index in [-0.39, 0.29) is 18.3 Å². The van der Waals surface area contributed by atoms with Crippen LogP contribution in [0.2, 0.25) is 0 Å². The third-order valence-corrected chi connectivity index (χ3v) is 3.25. The SMILES string of the molecule is CCOc1ccc2nc(NC(=O)[C@H](C)N)sc2c1.Cl. The van der Waals surface area contributed by atoms with Crippen LogP contribution < -0.4 is 15.8 Å². The van der Waals surface area contributed by atoms with Crippen molar-refractivity contribution >= 4 is 45.0 Å². The van der Waals surface area contributed by atoms with Crippen molar-refractivity contribution in [3.05, 3.63) is 18.2 Å². The molecular weight excluding hydrogens is 286 g/mol. The Morgan fingerprint density at radius 3 is 2.95 bits per heavy atom. The second kappa shape index (κ2) is 6.70. The zero-order valence-corrected chi connectivity index (χ0v) is 12.3. The standard InChI is InChI=1S/C12H15N3O2S.ClH/c1-3-17-8-4-5-9-10(6-8)18-12(14-9)15-11(16)7(2)13;/h4-7H,3,13H2,1-2H3,(H,14,15,16);1H/t7-;/m0./s1. The summed E-state index contributed by atoms with van der Waals surface area (Å²) in [7, 11) is 0. The number of carbonyl (C=O) groups is 1. The zero-order chi connectivity index (χ0) is 13.1. The van der Waals surface area contributed by atoms with E-state index in [0.29, 0.717) is 11.7 Å². The molecule has 0 fully saturated rings. The Morgan fingerprint density at radius 1 is 1.58 bits per heavy atom. The topological polar surface area (TPSA) is 77.2 Å². The average molecular weight is 302 g/mol. The zero-order valence-electron chi connectivity index (χ0n) is 10.7. The van der Waals surface area contributed by atoms with Crippen molar-refractivity contribution in [1.82, 2.24) is 4.98 Å². The number of anilines is 1. The van der Waals surface area contributed by atoms with Gasteiger partial charge in [-0.25, -0.2) is 4.98 Å². The molecule has 0 saturated heterocycles. The average Bonchev–Trinajstić information content (AvgIpc) is 2.70. The van der Waals surface area contributed by atoms with Crippen LogP contribution in [-0.4, -0.2) is 23.5 Å². The van der Waals surface area contributed by atoms with Crippen LogP contribution in [-0.2, 0) is 4.79 Å². The minimum atomic E-state index is -0.545. The van der Waals surface area contributed by atoms with E-state index in [0.717, 1.165) is 16.0 Å². The van der Waals surface area contributed by atoms with Crippen molar-refractivity contribution < 1.29 is 9.53 Å². The maximum atomic E-state index is 11.5. The first kappa shape index (κ1) is 15.7. The predicted molar refractivity (Wildman–Crippen MR) is 80.3 cm³/mol. The molecule has 1 aromatic heterocycles. The number of rotatable bonds is 4. The molecule has 0 bridgehead atoms. The Kier molecular flexibility index (Phi) is 5.53. The van der Waals surface area contributed by atoms with Crippen LogP contribution in [0.25, 0.3) is 10.2 Å². The molecule has 7 heteroatoms. The number of nitrogens with zero attached hydrogens (tertiary/aromatic N) is 1. The molecule has 0 aliphatic rings. The summed E-state index contributed by atoms with van der Waals surface area (Å²) < 4.78 is 6.39. The van der Waals surface area contributed by atoms with Crippen molar-refractivity contribution in [1.29, 1.82) is 0 Å². The van der Waals surface area contributed by atoms with Gasteiger partial charge in [0, 0.05) is 0 Å². The fourth-order valence-corrected chi connectivity index (χ4v) is 2.33. The van der Waals surface area contributed by atoms with Gasteiger partial charge in [0.05, 0.1) is 22.9 Å². The second-order valence-electron chi connectivity index (χ2n) is 3.86. The van der Waals surface area contributed by atoms with Crippen molar-refractivity contribution in [2.75, 3.05) is 11.9 Å². The van der Waals surface area contributed by atoms with Gasteiger partial charge in [-0.3, -0.25) is 4.79 Å². The molecule has 0 aliphatic carbocycles. The lowest BCUT2D eigenvalue weighted by Crippen LogP contribution is -2.32. The Labute approximate surface area is 121 Å². The number of nitrogens with one attached hydrogen (secondary N) is 1. The first-order valence-electron chi connectivity index (χ1n) is 5.70. The maximum Gasteiger partial charge on any atom is 0.242 e. The lowest BCUT2D eigenvalue weighted by molar-refractivity contribution is -0.117. The minimum Gasteiger partial charge on any atom is -0.494 e. The molecule has 0 saturated carbocycles. The van der Waals surface area contributed by atoms with Crippen LogP contribution in [0, 0.1) is 0 Å². The predicted octanol–water partition coefficient (Wildman–Crippen LogP) is 2.40. The van der Waals surface area contributed by atoms with E-state index in [2.05, 4.69) is 10.3 Å². The Balaban J connectivity index is 0.00000180. The fraction of sp³-hybridized carbons (Fsp3) is 0.333. The molecule has 1 aromatic carbocycles. The lowest BCUT2D eigenvalue weighted by Gasteiger charge is -2.02. The molecule has 0 unspecified atom stereocenters. The number of nitrogens with two attached hydrogens (primary N) is 1. The third kappa shape index (κ3) is 3.79. The van der Waals surface area contributed by atoms with Crippen molar-refractivity contribution in [2.45, 2.75) is 19.9 Å². The van der Waals surface area contributed by atoms with Gasteiger partial charge in [-0.2, -0.15) is 0 Å². The summed E-state index contributed by atoms with van der Waals surface area (Å²) in [5, 5.41) is 3.24. The number of halogens is 1. The highest BCUT2D eigenvalue weighted by molar-refractivity contribution is 7.22. The molecule has 3 N–H and O–H groups in total. The number of amides is 1. The summed E-state index contributed by atoms with van der Waals surface area (Å²) >= 11 is 1.40. The van der Waals surface area contributed by atoms with Gasteiger partial charge >= 0.3 is 0 Å². The van der Waals surface area contributed by atoms with Gasteiger partial charge in [-0.1, -0.05) is 11.3 Å². The Hall–Kier alpha value is -1.37. The van der Waals surface area contributed by atoms with E-state index in [1.54, 1.807) is 6.92 Å². The number of carbonyl (C=O) groups excluding carboxylic acids is 1. The van der Waals surface area contributed by atoms with Gasteiger partial charge in [0.25, 0.3) is 0 Å². The first-order valence-corrected chi connectivity index (χ1v) is 6.51. The van der Waals surface area contributed by atoms with Crippen LogP contribution in [0.1, 0.15) is 13.8 Å². The van der Waals surface area contributed by atoms with Crippen LogP contribution in [0.4, 0.5) is 5.13 Å². The summed E-state index contributed by atoms with van der Waals surface area (Å²) in [6, 6.07) is 5.11. The molecule has 19 heavy (non-hydrogen) atoms. The molecule has 1 atom stereocenters. The molecule has 5 nitrogen and oxygen atoms in total. The van der Waals surface area contributed by atoms with Gasteiger partial charge in [-0.15, -0.1) is 12.4 Å². The van der Waals surface area contributed by atoms with E-state index < -0.39 is 6.04 Å². The van der Waals surface area contributed by atoms with Crippen LogP contribution in [0.15, 0.2) is 18.2 Å². The number of hydrogen-bond donors (Lipinski definition) is 2. The summed E-state index contributed by atoms with van der Waals surface area (Å²) in [5.74, 6) is 0.567. The van der Waals surface area contributed by atoms with Gasteiger partial charge < -0.3 is 15.8 Å².